The molecule has 2 aliphatic rings. The fourth-order valence-corrected chi connectivity index (χ4v) is 3.85. The molecule has 0 radical (unpaired) electrons. The molecule has 0 aliphatic carbocycles. The van der Waals surface area contributed by atoms with Gasteiger partial charge in [-0.25, -0.2) is 0 Å². The number of amides is 2. The van der Waals surface area contributed by atoms with E-state index in [0.29, 0.717) is 30.3 Å². The van der Waals surface area contributed by atoms with Crippen LogP contribution in [0.25, 0.3) is 6.08 Å². The zero-order chi connectivity index (χ0) is 22.2. The van der Waals surface area contributed by atoms with Gasteiger partial charge in [0.25, 0.3) is 0 Å². The second-order valence-corrected chi connectivity index (χ2v) is 7.97. The van der Waals surface area contributed by atoms with Crippen molar-refractivity contribution >= 4 is 52.8 Å². The van der Waals surface area contributed by atoms with Crippen LogP contribution >= 0.6 is 23.8 Å². The van der Waals surface area contributed by atoms with E-state index in [-0.39, 0.29) is 30.2 Å². The first-order valence-corrected chi connectivity index (χ1v) is 10.8. The molecule has 2 atom stereocenters. The minimum absolute atomic E-state index is 0.0700. The summed E-state index contributed by atoms with van der Waals surface area (Å²) in [5.74, 6) is -1.32. The van der Waals surface area contributed by atoms with Crippen molar-refractivity contribution in [1.82, 2.24) is 15.5 Å². The fraction of sp³-hybridized carbons (Fsp3) is 0.429. The number of piperazine rings is 1. The molecule has 2 N–H and O–H groups in total. The van der Waals surface area contributed by atoms with Crippen LogP contribution in [-0.2, 0) is 23.9 Å². The van der Waals surface area contributed by atoms with Crippen LogP contribution in [0.1, 0.15) is 24.8 Å². The van der Waals surface area contributed by atoms with Crippen molar-refractivity contribution in [2.75, 3.05) is 26.3 Å². The number of rotatable bonds is 6. The van der Waals surface area contributed by atoms with Gasteiger partial charge in [0.05, 0.1) is 12.5 Å². The number of carbonyl (C=O) groups excluding carboxylic acids is 3. The summed E-state index contributed by atoms with van der Waals surface area (Å²) in [5.41, 5.74) is 0.689. The third-order valence-corrected chi connectivity index (χ3v) is 5.64. The number of benzene rings is 1. The molecule has 166 valence electrons. The van der Waals surface area contributed by atoms with Crippen molar-refractivity contribution in [3.05, 3.63) is 40.9 Å². The zero-order valence-corrected chi connectivity index (χ0v) is 18.4. The minimum Gasteiger partial charge on any atom is -0.463 e. The number of nitrogens with zero attached hydrogens (tertiary/aromatic N) is 1. The van der Waals surface area contributed by atoms with Crippen LogP contribution in [0.5, 0.6) is 0 Å². The fourth-order valence-electron chi connectivity index (χ4n) is 3.33. The number of hydrogen-bond acceptors (Lipinski definition) is 6. The van der Waals surface area contributed by atoms with Crippen LogP contribution in [0, 0.1) is 0 Å². The maximum absolute atomic E-state index is 12.4. The van der Waals surface area contributed by atoms with Crippen molar-refractivity contribution in [2.45, 2.75) is 31.4 Å². The number of nitrogens with one attached hydrogen (secondary N) is 2. The number of halogens is 1. The molecule has 2 heterocycles. The van der Waals surface area contributed by atoms with Gasteiger partial charge in [-0.1, -0.05) is 29.8 Å². The largest absolute Gasteiger partial charge is 0.463 e. The summed E-state index contributed by atoms with van der Waals surface area (Å²) in [4.78, 5) is 38.4. The van der Waals surface area contributed by atoms with Gasteiger partial charge < -0.3 is 19.7 Å². The highest BCUT2D eigenvalue weighted by Gasteiger charge is 2.34. The Balaban J connectivity index is 1.55. The van der Waals surface area contributed by atoms with Crippen LogP contribution in [-0.4, -0.2) is 66.2 Å². The summed E-state index contributed by atoms with van der Waals surface area (Å²) in [6.45, 7) is 1.55. The molecule has 0 saturated carbocycles. The van der Waals surface area contributed by atoms with Gasteiger partial charge in [0.1, 0.15) is 12.6 Å². The quantitative estimate of drug-likeness (QED) is 0.374. The molecule has 2 saturated heterocycles. The van der Waals surface area contributed by atoms with Crippen LogP contribution in [0.4, 0.5) is 0 Å². The van der Waals surface area contributed by atoms with Crippen molar-refractivity contribution in [1.29, 1.82) is 0 Å². The second-order valence-electron chi connectivity index (χ2n) is 7.17. The summed E-state index contributed by atoms with van der Waals surface area (Å²) < 4.78 is 10.7. The lowest BCUT2D eigenvalue weighted by molar-refractivity contribution is -0.150. The van der Waals surface area contributed by atoms with Crippen LogP contribution in [0.3, 0.4) is 0 Å². The Morgan fingerprint density at radius 1 is 1.39 bits per heavy atom. The molecule has 0 aromatic heterocycles. The van der Waals surface area contributed by atoms with Gasteiger partial charge in [-0.2, -0.15) is 0 Å². The van der Waals surface area contributed by atoms with E-state index in [1.165, 1.54) is 11.0 Å². The van der Waals surface area contributed by atoms with E-state index in [0.717, 1.165) is 12.8 Å². The Labute approximate surface area is 190 Å². The Bertz CT molecular complexity index is 872. The summed E-state index contributed by atoms with van der Waals surface area (Å²) in [7, 11) is 0. The van der Waals surface area contributed by atoms with Crippen molar-refractivity contribution in [3.8, 4) is 0 Å². The molecule has 1 aromatic carbocycles. The van der Waals surface area contributed by atoms with Crippen molar-refractivity contribution in [3.63, 3.8) is 0 Å². The zero-order valence-electron chi connectivity index (χ0n) is 16.8. The molecule has 10 heteroatoms. The van der Waals surface area contributed by atoms with Gasteiger partial charge in [-0.05, 0) is 42.8 Å². The highest BCUT2D eigenvalue weighted by molar-refractivity contribution is 7.80. The lowest BCUT2D eigenvalue weighted by atomic mass is 10.1. The van der Waals surface area contributed by atoms with Crippen molar-refractivity contribution in [2.24, 2.45) is 0 Å². The summed E-state index contributed by atoms with van der Waals surface area (Å²) >= 11 is 11.4. The molecule has 2 amide bonds. The summed E-state index contributed by atoms with van der Waals surface area (Å²) in [6, 6.07) is 6.24. The first kappa shape index (κ1) is 23.2. The first-order valence-electron chi connectivity index (χ1n) is 10.0. The number of esters is 1. The Kier molecular flexibility index (Phi) is 8.39. The summed E-state index contributed by atoms with van der Waals surface area (Å²) in [5, 5.41) is 5.88. The van der Waals surface area contributed by atoms with Gasteiger partial charge in [0, 0.05) is 30.8 Å². The van der Waals surface area contributed by atoms with Gasteiger partial charge in [-0.3, -0.25) is 19.7 Å². The third-order valence-electron chi connectivity index (χ3n) is 4.96. The maximum Gasteiger partial charge on any atom is 0.308 e. The van der Waals surface area contributed by atoms with Gasteiger partial charge >= 0.3 is 5.97 Å². The standard InChI is InChI=1S/C21H24ClN3O5S/c22-16-6-2-1-4-14(16)7-8-18(26)24-21(31)25-10-9-23-20(28)17(25)12-19(27)30-13-15-5-3-11-29-15/h1-2,4,6-8,15,17H,3,5,9-13H2,(H,23,28)(H,24,26,31). The van der Waals surface area contributed by atoms with E-state index < -0.39 is 17.9 Å². The third kappa shape index (κ3) is 6.75. The monoisotopic (exact) mass is 465 g/mol. The smallest absolute Gasteiger partial charge is 0.308 e. The lowest BCUT2D eigenvalue weighted by Crippen LogP contribution is -2.60. The Morgan fingerprint density at radius 3 is 2.94 bits per heavy atom. The van der Waals surface area contributed by atoms with E-state index >= 15 is 0 Å². The van der Waals surface area contributed by atoms with Gasteiger partial charge in [-0.15, -0.1) is 0 Å². The van der Waals surface area contributed by atoms with Crippen LogP contribution in [0.15, 0.2) is 30.3 Å². The predicted molar refractivity (Wildman–Crippen MR) is 119 cm³/mol. The molecule has 2 fully saturated rings. The van der Waals surface area contributed by atoms with Crippen LogP contribution in [0.2, 0.25) is 5.02 Å². The Morgan fingerprint density at radius 2 is 2.19 bits per heavy atom. The minimum atomic E-state index is -0.855. The molecule has 0 bridgehead atoms. The average Bonchev–Trinajstić information content (AvgIpc) is 3.27. The van der Waals surface area contributed by atoms with E-state index in [9.17, 15) is 14.4 Å². The summed E-state index contributed by atoms with van der Waals surface area (Å²) in [6.07, 6.45) is 4.40. The first-order chi connectivity index (χ1) is 14.9. The normalized spacial score (nSPS) is 21.1. The number of carbonyl (C=O) groups is 3. The predicted octanol–water partition coefficient (Wildman–Crippen LogP) is 1.67. The topological polar surface area (TPSA) is 97.0 Å². The molecular formula is C21H24ClN3O5S. The number of hydrogen-bond donors (Lipinski definition) is 2. The van der Waals surface area contributed by atoms with E-state index in [1.807, 2.05) is 6.07 Å². The molecule has 2 unspecified atom stereocenters. The molecular weight excluding hydrogens is 442 g/mol. The van der Waals surface area contributed by atoms with Gasteiger partial charge in [0.15, 0.2) is 5.11 Å². The molecule has 2 aliphatic heterocycles. The molecule has 8 nitrogen and oxygen atoms in total. The molecule has 0 spiro atoms. The van der Waals surface area contributed by atoms with E-state index in [1.54, 1.807) is 24.3 Å². The maximum atomic E-state index is 12.4. The molecule has 31 heavy (non-hydrogen) atoms. The van der Waals surface area contributed by atoms with E-state index in [4.69, 9.17) is 33.3 Å². The number of ether oxygens (including phenoxy) is 2. The van der Waals surface area contributed by atoms with E-state index in [2.05, 4.69) is 10.6 Å². The average molecular weight is 466 g/mol. The van der Waals surface area contributed by atoms with Crippen molar-refractivity contribution < 1.29 is 23.9 Å². The molecule has 1 aromatic rings. The SMILES string of the molecule is O=C(C=Cc1ccccc1Cl)NC(=S)N1CCNC(=O)C1CC(=O)OCC1CCCO1. The number of thiocarbonyl (C=S) groups is 1. The van der Waals surface area contributed by atoms with Gasteiger partial charge in [0.2, 0.25) is 11.8 Å². The second kappa shape index (κ2) is 11.2. The molecule has 3 rings (SSSR count). The lowest BCUT2D eigenvalue weighted by Gasteiger charge is -2.36. The van der Waals surface area contributed by atoms with Crippen LogP contribution < -0.4 is 10.6 Å². The highest BCUT2D eigenvalue weighted by Crippen LogP contribution is 2.16. The highest BCUT2D eigenvalue weighted by atomic mass is 35.5. The Hall–Kier alpha value is -2.49.